The van der Waals surface area contributed by atoms with Crippen molar-refractivity contribution in [2.24, 2.45) is 5.73 Å². The minimum absolute atomic E-state index is 0.143. The number of fused-ring (bicyclic) bond motifs is 1. The zero-order valence-corrected chi connectivity index (χ0v) is 17.7. The van der Waals surface area contributed by atoms with E-state index in [2.05, 4.69) is 20.9 Å². The van der Waals surface area contributed by atoms with Gasteiger partial charge in [-0.3, -0.25) is 19.7 Å². The summed E-state index contributed by atoms with van der Waals surface area (Å²) in [5, 5.41) is 13.7. The van der Waals surface area contributed by atoms with Crippen LogP contribution in [0.3, 0.4) is 0 Å². The molecule has 12 nitrogen and oxygen atoms in total. The third-order valence-electron chi connectivity index (χ3n) is 4.79. The van der Waals surface area contributed by atoms with Gasteiger partial charge in [-0.25, -0.2) is 0 Å². The number of hydrogen-bond acceptors (Lipinski definition) is 10. The van der Waals surface area contributed by atoms with Crippen LogP contribution in [0.2, 0.25) is 0 Å². The minimum Gasteiger partial charge on any atom is -0.382 e. The maximum Gasteiger partial charge on any atom is 0.280 e. The molecule has 0 bridgehead atoms. The summed E-state index contributed by atoms with van der Waals surface area (Å²) >= 11 is 0. The van der Waals surface area contributed by atoms with Crippen LogP contribution in [0.25, 0.3) is 10.9 Å². The number of carbonyl (C=O) groups is 2. The lowest BCUT2D eigenvalue weighted by molar-refractivity contribution is -0.136. The second-order valence-corrected chi connectivity index (χ2v) is 7.06. The second-order valence-electron chi connectivity index (χ2n) is 7.06. The molecule has 32 heavy (non-hydrogen) atoms. The summed E-state index contributed by atoms with van der Waals surface area (Å²) in [7, 11) is 0. The summed E-state index contributed by atoms with van der Waals surface area (Å²) in [6, 6.07) is 4.32. The zero-order chi connectivity index (χ0) is 22.8. The summed E-state index contributed by atoms with van der Waals surface area (Å²) in [6.45, 7) is 3.74. The van der Waals surface area contributed by atoms with E-state index in [0.29, 0.717) is 69.3 Å². The molecule has 1 aromatic heterocycles. The summed E-state index contributed by atoms with van der Waals surface area (Å²) in [5.74, 6) is -0.912. The smallest absolute Gasteiger partial charge is 0.280 e. The van der Waals surface area contributed by atoms with Gasteiger partial charge in [0, 0.05) is 25.2 Å². The van der Waals surface area contributed by atoms with E-state index in [9.17, 15) is 14.4 Å². The number of imide groups is 1. The Kier molecular flexibility index (Phi) is 9.04. The van der Waals surface area contributed by atoms with Crippen LogP contribution < -0.4 is 21.9 Å². The lowest BCUT2D eigenvalue weighted by Crippen LogP contribution is -2.45. The molecule has 2 heterocycles. The number of nitrogens with one attached hydrogen (secondary N) is 2. The molecule has 0 radical (unpaired) electrons. The summed E-state index contributed by atoms with van der Waals surface area (Å²) in [6.07, 6.45) is 0.347. The molecular formula is C20H28N6O6. The standard InChI is InChI=1S/C20H28N6O6/c21-6-8-30-10-12-32-13-11-31-9-7-22-14-2-1-3-15-18(14)20(29)26(25-24-15)16-4-5-17(27)23-19(16)28/h1-3,16,22H,4-13,21H2,(H,23,27,28). The molecule has 0 saturated carbocycles. The molecular weight excluding hydrogens is 420 g/mol. The van der Waals surface area contributed by atoms with Crippen LogP contribution in [0.15, 0.2) is 23.0 Å². The van der Waals surface area contributed by atoms with E-state index in [0.717, 1.165) is 4.68 Å². The van der Waals surface area contributed by atoms with Crippen molar-refractivity contribution < 1.29 is 23.8 Å². The van der Waals surface area contributed by atoms with Crippen molar-refractivity contribution in [2.75, 3.05) is 58.0 Å². The predicted molar refractivity (Wildman–Crippen MR) is 115 cm³/mol. The Balaban J connectivity index is 1.53. The second kappa shape index (κ2) is 12.2. The molecule has 0 aliphatic carbocycles. The van der Waals surface area contributed by atoms with Gasteiger partial charge in [-0.15, -0.1) is 5.10 Å². The van der Waals surface area contributed by atoms with Gasteiger partial charge in [0.25, 0.3) is 11.5 Å². The monoisotopic (exact) mass is 448 g/mol. The maximum atomic E-state index is 13.1. The van der Waals surface area contributed by atoms with Crippen LogP contribution in [0.1, 0.15) is 18.9 Å². The zero-order valence-electron chi connectivity index (χ0n) is 17.7. The number of aromatic nitrogens is 3. The molecule has 1 aliphatic rings. The molecule has 1 fully saturated rings. The van der Waals surface area contributed by atoms with Crippen LogP contribution in [-0.4, -0.2) is 79.5 Å². The normalized spacial score (nSPS) is 16.3. The number of amides is 2. The van der Waals surface area contributed by atoms with Gasteiger partial charge in [0.05, 0.1) is 45.0 Å². The molecule has 0 spiro atoms. The molecule has 1 unspecified atom stereocenters. The van der Waals surface area contributed by atoms with Gasteiger partial charge in [0.1, 0.15) is 11.6 Å². The van der Waals surface area contributed by atoms with Crippen molar-refractivity contribution in [3.05, 3.63) is 28.6 Å². The van der Waals surface area contributed by atoms with E-state index >= 15 is 0 Å². The van der Waals surface area contributed by atoms with Crippen LogP contribution >= 0.6 is 0 Å². The number of piperidine rings is 1. The maximum absolute atomic E-state index is 13.1. The molecule has 1 aliphatic heterocycles. The van der Waals surface area contributed by atoms with Gasteiger partial charge in [-0.05, 0) is 18.6 Å². The van der Waals surface area contributed by atoms with Crippen LogP contribution in [0, 0.1) is 0 Å². The molecule has 1 saturated heterocycles. The van der Waals surface area contributed by atoms with E-state index in [1.165, 1.54) is 0 Å². The number of benzene rings is 1. The first-order chi connectivity index (χ1) is 15.6. The average molecular weight is 448 g/mol. The van der Waals surface area contributed by atoms with Crippen molar-refractivity contribution in [2.45, 2.75) is 18.9 Å². The van der Waals surface area contributed by atoms with Crippen molar-refractivity contribution in [3.8, 4) is 0 Å². The van der Waals surface area contributed by atoms with E-state index in [-0.39, 0.29) is 18.7 Å². The minimum atomic E-state index is -0.866. The third-order valence-corrected chi connectivity index (χ3v) is 4.79. The highest BCUT2D eigenvalue weighted by Crippen LogP contribution is 2.20. The van der Waals surface area contributed by atoms with Gasteiger partial charge in [0.2, 0.25) is 5.91 Å². The van der Waals surface area contributed by atoms with E-state index in [1.807, 2.05) is 0 Å². The summed E-state index contributed by atoms with van der Waals surface area (Å²) in [4.78, 5) is 36.6. The summed E-state index contributed by atoms with van der Waals surface area (Å²) < 4.78 is 17.2. The van der Waals surface area contributed by atoms with Gasteiger partial charge < -0.3 is 25.3 Å². The predicted octanol–water partition coefficient (Wildman–Crippen LogP) is -0.810. The van der Waals surface area contributed by atoms with E-state index < -0.39 is 17.5 Å². The first kappa shape index (κ1) is 23.7. The number of anilines is 1. The quantitative estimate of drug-likeness (QED) is 0.261. The van der Waals surface area contributed by atoms with Crippen molar-refractivity contribution in [1.29, 1.82) is 0 Å². The lowest BCUT2D eigenvalue weighted by Gasteiger charge is -2.21. The number of rotatable bonds is 13. The molecule has 1 aromatic carbocycles. The Bertz CT molecular complexity index is 981. The summed E-state index contributed by atoms with van der Waals surface area (Å²) in [5.41, 5.74) is 5.86. The topological polar surface area (TPSA) is 160 Å². The van der Waals surface area contributed by atoms with Crippen LogP contribution in [-0.2, 0) is 23.8 Å². The molecule has 174 valence electrons. The molecule has 1 atom stereocenters. The van der Waals surface area contributed by atoms with Crippen LogP contribution in [0.4, 0.5) is 5.69 Å². The van der Waals surface area contributed by atoms with Crippen molar-refractivity contribution in [1.82, 2.24) is 20.3 Å². The number of nitrogens with zero attached hydrogens (tertiary/aromatic N) is 3. The Morgan fingerprint density at radius 3 is 2.50 bits per heavy atom. The van der Waals surface area contributed by atoms with Gasteiger partial charge in [-0.2, -0.15) is 4.68 Å². The molecule has 2 aromatic rings. The highest BCUT2D eigenvalue weighted by molar-refractivity contribution is 5.99. The van der Waals surface area contributed by atoms with Gasteiger partial charge in [-0.1, -0.05) is 11.3 Å². The Morgan fingerprint density at radius 1 is 1.06 bits per heavy atom. The fourth-order valence-electron chi connectivity index (χ4n) is 3.25. The first-order valence-corrected chi connectivity index (χ1v) is 10.5. The number of nitrogens with two attached hydrogens (primary N) is 1. The number of ether oxygens (including phenoxy) is 3. The largest absolute Gasteiger partial charge is 0.382 e. The Hall–Kier alpha value is -2.93. The van der Waals surface area contributed by atoms with Gasteiger partial charge >= 0.3 is 0 Å². The molecule has 2 amide bonds. The first-order valence-electron chi connectivity index (χ1n) is 10.5. The Labute approximate surface area is 184 Å². The molecule has 3 rings (SSSR count). The number of carbonyl (C=O) groups excluding carboxylic acids is 2. The fraction of sp³-hybridized carbons (Fsp3) is 0.550. The molecule has 12 heteroatoms. The van der Waals surface area contributed by atoms with Crippen molar-refractivity contribution in [3.63, 3.8) is 0 Å². The lowest BCUT2D eigenvalue weighted by atomic mass is 10.1. The third kappa shape index (κ3) is 6.29. The van der Waals surface area contributed by atoms with E-state index in [4.69, 9.17) is 19.9 Å². The highest BCUT2D eigenvalue weighted by Gasteiger charge is 2.30. The van der Waals surface area contributed by atoms with Crippen LogP contribution in [0.5, 0.6) is 0 Å². The Morgan fingerprint density at radius 2 is 1.78 bits per heavy atom. The fourth-order valence-corrected chi connectivity index (χ4v) is 3.25. The molecule has 4 N–H and O–H groups in total. The SMILES string of the molecule is NCCOCCOCCOCCNc1cccc2nnn(C3CCC(=O)NC3=O)c(=O)c12. The van der Waals surface area contributed by atoms with Gasteiger partial charge in [0.15, 0.2) is 0 Å². The highest BCUT2D eigenvalue weighted by atomic mass is 16.5. The van der Waals surface area contributed by atoms with Crippen molar-refractivity contribution >= 4 is 28.4 Å². The average Bonchev–Trinajstić information content (AvgIpc) is 2.78. The number of hydrogen-bond donors (Lipinski definition) is 3. The van der Waals surface area contributed by atoms with E-state index in [1.54, 1.807) is 18.2 Å².